The molecule has 0 spiro atoms. The van der Waals surface area contributed by atoms with Crippen LogP contribution in [0.15, 0.2) is 24.3 Å². The number of nitrogens with zero attached hydrogens (tertiary/aromatic N) is 1. The molecule has 20 heavy (non-hydrogen) atoms. The number of hydrogen-bond acceptors (Lipinski definition) is 4. The maximum atomic E-state index is 13.3. The van der Waals surface area contributed by atoms with E-state index in [1.54, 1.807) is 18.2 Å². The van der Waals surface area contributed by atoms with Crippen molar-refractivity contribution in [2.24, 2.45) is 0 Å². The molecule has 5 heteroatoms. The smallest absolute Gasteiger partial charge is 0.165 e. The van der Waals surface area contributed by atoms with Crippen molar-refractivity contribution in [3.8, 4) is 5.75 Å². The normalized spacial score (nSPS) is 17.3. The van der Waals surface area contributed by atoms with E-state index in [1.807, 2.05) is 0 Å². The van der Waals surface area contributed by atoms with Crippen LogP contribution in [0.4, 0.5) is 4.39 Å². The maximum Gasteiger partial charge on any atom is 0.165 e. The second-order valence-corrected chi connectivity index (χ2v) is 4.91. The lowest BCUT2D eigenvalue weighted by Crippen LogP contribution is -2.39. The number of hydrogen-bond donors (Lipinski definition) is 1. The van der Waals surface area contributed by atoms with Crippen LogP contribution in [0.1, 0.15) is 12.8 Å². The SMILES string of the molecule is OCCOC1CCN(CCOc2ccccc2F)CC1. The zero-order valence-corrected chi connectivity index (χ0v) is 11.6. The number of likely N-dealkylation sites (tertiary alicyclic amines) is 1. The van der Waals surface area contributed by atoms with Crippen molar-refractivity contribution in [2.45, 2.75) is 18.9 Å². The molecule has 1 fully saturated rings. The molecule has 2 rings (SSSR count). The Hall–Kier alpha value is -1.17. The van der Waals surface area contributed by atoms with Gasteiger partial charge in [-0.15, -0.1) is 0 Å². The average Bonchev–Trinajstić information content (AvgIpc) is 2.48. The highest BCUT2D eigenvalue weighted by Crippen LogP contribution is 2.16. The van der Waals surface area contributed by atoms with Crippen molar-refractivity contribution < 1.29 is 19.0 Å². The van der Waals surface area contributed by atoms with Gasteiger partial charge in [-0.05, 0) is 25.0 Å². The van der Waals surface area contributed by atoms with Gasteiger partial charge in [0.2, 0.25) is 0 Å². The molecule has 1 aromatic carbocycles. The lowest BCUT2D eigenvalue weighted by atomic mass is 10.1. The van der Waals surface area contributed by atoms with Crippen LogP contribution in [0.2, 0.25) is 0 Å². The molecular formula is C15H22FNO3. The molecule has 1 aliphatic heterocycles. The van der Waals surface area contributed by atoms with Crippen molar-refractivity contribution in [1.82, 2.24) is 4.90 Å². The Morgan fingerprint density at radius 1 is 1.20 bits per heavy atom. The van der Waals surface area contributed by atoms with Crippen LogP contribution < -0.4 is 4.74 Å². The van der Waals surface area contributed by atoms with Gasteiger partial charge < -0.3 is 14.6 Å². The molecule has 0 bridgehead atoms. The fourth-order valence-corrected chi connectivity index (χ4v) is 2.37. The molecule has 0 aliphatic carbocycles. The molecule has 4 nitrogen and oxygen atoms in total. The minimum Gasteiger partial charge on any atom is -0.489 e. The van der Waals surface area contributed by atoms with Gasteiger partial charge in [0.1, 0.15) is 6.61 Å². The van der Waals surface area contributed by atoms with E-state index < -0.39 is 0 Å². The van der Waals surface area contributed by atoms with Gasteiger partial charge in [0, 0.05) is 19.6 Å². The first-order valence-electron chi connectivity index (χ1n) is 7.11. The minimum atomic E-state index is -0.316. The van der Waals surface area contributed by atoms with Crippen LogP contribution >= 0.6 is 0 Å². The summed E-state index contributed by atoms with van der Waals surface area (Å²) in [4.78, 5) is 2.29. The predicted octanol–water partition coefficient (Wildman–Crippen LogP) is 1.68. The van der Waals surface area contributed by atoms with Gasteiger partial charge >= 0.3 is 0 Å². The van der Waals surface area contributed by atoms with Crippen molar-refractivity contribution >= 4 is 0 Å². The molecule has 0 atom stereocenters. The second kappa shape index (κ2) is 8.19. The zero-order chi connectivity index (χ0) is 14.2. The molecule has 0 unspecified atom stereocenters. The number of aliphatic hydroxyl groups is 1. The highest BCUT2D eigenvalue weighted by Gasteiger charge is 2.19. The van der Waals surface area contributed by atoms with Gasteiger partial charge in [-0.3, -0.25) is 4.90 Å². The van der Waals surface area contributed by atoms with E-state index in [-0.39, 0.29) is 18.5 Å². The first-order valence-corrected chi connectivity index (χ1v) is 7.11. The van der Waals surface area contributed by atoms with E-state index >= 15 is 0 Å². The molecule has 0 saturated carbocycles. The highest BCUT2D eigenvalue weighted by atomic mass is 19.1. The molecule has 0 radical (unpaired) electrons. The molecule has 0 aromatic heterocycles. The van der Waals surface area contributed by atoms with Crippen molar-refractivity contribution in [3.05, 3.63) is 30.1 Å². The molecule has 112 valence electrons. The predicted molar refractivity (Wildman–Crippen MR) is 74.4 cm³/mol. The number of piperidine rings is 1. The third-order valence-corrected chi connectivity index (χ3v) is 3.48. The summed E-state index contributed by atoms with van der Waals surface area (Å²) in [5, 5.41) is 8.71. The quantitative estimate of drug-likeness (QED) is 0.826. The Bertz CT molecular complexity index is 394. The summed E-state index contributed by atoms with van der Waals surface area (Å²) in [5.41, 5.74) is 0. The first-order chi connectivity index (χ1) is 9.79. The largest absolute Gasteiger partial charge is 0.489 e. The Balaban J connectivity index is 1.63. The Morgan fingerprint density at radius 2 is 1.95 bits per heavy atom. The van der Waals surface area contributed by atoms with Crippen LogP contribution in [-0.2, 0) is 4.74 Å². The number of ether oxygens (including phenoxy) is 2. The lowest BCUT2D eigenvalue weighted by Gasteiger charge is -2.31. The Kier molecular flexibility index (Phi) is 6.24. The third kappa shape index (κ3) is 4.74. The fourth-order valence-electron chi connectivity index (χ4n) is 2.37. The Labute approximate surface area is 119 Å². The van der Waals surface area contributed by atoms with Crippen molar-refractivity contribution in [1.29, 1.82) is 0 Å². The number of aliphatic hydroxyl groups excluding tert-OH is 1. The van der Waals surface area contributed by atoms with Gasteiger partial charge in [0.05, 0.1) is 19.3 Å². The van der Waals surface area contributed by atoms with E-state index in [2.05, 4.69) is 4.90 Å². The van der Waals surface area contributed by atoms with Crippen LogP contribution in [0.25, 0.3) is 0 Å². The second-order valence-electron chi connectivity index (χ2n) is 4.91. The number of para-hydroxylation sites is 1. The molecule has 0 amide bonds. The topological polar surface area (TPSA) is 41.9 Å². The van der Waals surface area contributed by atoms with Gasteiger partial charge in [0.15, 0.2) is 11.6 Å². The average molecular weight is 283 g/mol. The van der Waals surface area contributed by atoms with Crippen LogP contribution in [0, 0.1) is 5.82 Å². The number of benzene rings is 1. The lowest BCUT2D eigenvalue weighted by molar-refractivity contribution is -0.00928. The summed E-state index contributed by atoms with van der Waals surface area (Å²) in [6.45, 7) is 3.69. The van der Waals surface area contributed by atoms with E-state index in [4.69, 9.17) is 14.6 Å². The standard InChI is InChI=1S/C15H22FNO3/c16-14-3-1-2-4-15(14)20-11-9-17-7-5-13(6-8-17)19-12-10-18/h1-4,13,18H,5-12H2. The zero-order valence-electron chi connectivity index (χ0n) is 11.6. The van der Waals surface area contributed by atoms with Crippen LogP contribution in [0.5, 0.6) is 5.75 Å². The summed E-state index contributed by atoms with van der Waals surface area (Å²) < 4.78 is 24.3. The van der Waals surface area contributed by atoms with E-state index in [9.17, 15) is 4.39 Å². The van der Waals surface area contributed by atoms with Gasteiger partial charge in [-0.2, -0.15) is 0 Å². The maximum absolute atomic E-state index is 13.3. The molecule has 1 N–H and O–H groups in total. The van der Waals surface area contributed by atoms with Crippen LogP contribution in [0.3, 0.4) is 0 Å². The fraction of sp³-hybridized carbons (Fsp3) is 0.600. The van der Waals surface area contributed by atoms with Crippen LogP contribution in [-0.4, -0.2) is 55.6 Å². The van der Waals surface area contributed by atoms with Gasteiger partial charge in [-0.25, -0.2) is 4.39 Å². The van der Waals surface area contributed by atoms with E-state index in [1.165, 1.54) is 6.07 Å². The Morgan fingerprint density at radius 3 is 2.65 bits per heavy atom. The van der Waals surface area contributed by atoms with Gasteiger partial charge in [0.25, 0.3) is 0 Å². The van der Waals surface area contributed by atoms with Crippen molar-refractivity contribution in [3.63, 3.8) is 0 Å². The summed E-state index contributed by atoms with van der Waals surface area (Å²) in [5.74, 6) is -0.00252. The number of rotatable bonds is 7. The number of halogens is 1. The summed E-state index contributed by atoms with van der Waals surface area (Å²) in [6.07, 6.45) is 2.20. The molecule has 1 heterocycles. The van der Waals surface area contributed by atoms with Crippen molar-refractivity contribution in [2.75, 3.05) is 39.5 Å². The first kappa shape index (κ1) is 15.2. The summed E-state index contributed by atoms with van der Waals surface area (Å²) >= 11 is 0. The van der Waals surface area contributed by atoms with E-state index in [0.717, 1.165) is 32.5 Å². The minimum absolute atomic E-state index is 0.0801. The molecule has 1 saturated heterocycles. The molecule has 1 aliphatic rings. The third-order valence-electron chi connectivity index (χ3n) is 3.48. The summed E-state index contributed by atoms with van der Waals surface area (Å²) in [6, 6.07) is 6.46. The van der Waals surface area contributed by atoms with Gasteiger partial charge in [-0.1, -0.05) is 12.1 Å². The highest BCUT2D eigenvalue weighted by molar-refractivity contribution is 5.23. The molecule has 1 aromatic rings. The summed E-state index contributed by atoms with van der Waals surface area (Å²) in [7, 11) is 0. The monoisotopic (exact) mass is 283 g/mol. The van der Waals surface area contributed by atoms with E-state index in [0.29, 0.717) is 19.0 Å². The molecular weight excluding hydrogens is 261 g/mol.